The molecule has 0 aliphatic rings. The summed E-state index contributed by atoms with van der Waals surface area (Å²) in [6.07, 6.45) is -2.05. The maximum absolute atomic E-state index is 13.5. The summed E-state index contributed by atoms with van der Waals surface area (Å²) in [7, 11) is 0. The fourth-order valence-electron chi connectivity index (χ4n) is 2.40. The number of para-hydroxylation sites is 1. The monoisotopic (exact) mass is 336 g/mol. The van der Waals surface area contributed by atoms with E-state index in [0.29, 0.717) is 16.8 Å². The average molecular weight is 336 g/mol. The molecule has 3 aromatic rings. The minimum absolute atomic E-state index is 0.370. The van der Waals surface area contributed by atoms with E-state index in [-0.39, 0.29) is 0 Å². The Hall–Kier alpha value is -2.76. The van der Waals surface area contributed by atoms with E-state index in [2.05, 4.69) is 0 Å². The number of nitrogens with zero attached hydrogens (tertiary/aromatic N) is 1. The number of pyridine rings is 1. The Kier molecular flexibility index (Phi) is 4.05. The molecule has 0 fully saturated rings. The molecule has 0 aliphatic heterocycles. The molecular weight excluding hydrogens is 325 g/mol. The Bertz CT molecular complexity index is 887. The van der Waals surface area contributed by atoms with E-state index in [1.807, 2.05) is 0 Å². The lowest BCUT2D eigenvalue weighted by atomic mass is 10.0. The van der Waals surface area contributed by atoms with Gasteiger partial charge in [-0.15, -0.1) is 0 Å². The van der Waals surface area contributed by atoms with Crippen molar-refractivity contribution in [2.75, 3.05) is 0 Å². The van der Waals surface area contributed by atoms with Crippen molar-refractivity contribution in [2.24, 2.45) is 0 Å². The second-order valence-corrected chi connectivity index (χ2v) is 5.14. The van der Waals surface area contributed by atoms with Crippen LogP contribution in [0.25, 0.3) is 16.8 Å². The molecule has 1 heterocycles. The fourth-order valence-corrected chi connectivity index (χ4v) is 2.40. The maximum atomic E-state index is 13.5. The highest BCUT2D eigenvalue weighted by molar-refractivity contribution is 5.70. The number of alkyl halides is 3. The van der Waals surface area contributed by atoms with Crippen LogP contribution in [0.15, 0.2) is 67.0 Å². The van der Waals surface area contributed by atoms with Crippen molar-refractivity contribution in [3.8, 4) is 16.8 Å². The number of aromatic nitrogens is 1. The Morgan fingerprint density at radius 3 is 2.25 bits per heavy atom. The van der Waals surface area contributed by atoms with Crippen molar-refractivity contribution in [3.63, 3.8) is 0 Å². The summed E-state index contributed by atoms with van der Waals surface area (Å²) >= 11 is 0. The minimum atomic E-state index is -4.47. The van der Waals surface area contributed by atoms with Gasteiger partial charge in [-0.25, -0.2) is 8.78 Å². The molecule has 6 heteroatoms. The molecule has 122 valence electrons. The van der Waals surface area contributed by atoms with Gasteiger partial charge in [0.1, 0.15) is 5.56 Å². The van der Waals surface area contributed by atoms with E-state index in [4.69, 9.17) is 0 Å². The van der Waals surface area contributed by atoms with Gasteiger partial charge < -0.3 is 0 Å². The molecular formula is C18H11F5N+. The van der Waals surface area contributed by atoms with Crippen molar-refractivity contribution in [1.29, 1.82) is 0 Å². The zero-order chi connectivity index (χ0) is 17.3. The highest BCUT2D eigenvalue weighted by Gasteiger charge is 2.33. The highest BCUT2D eigenvalue weighted by Crippen LogP contribution is 2.29. The van der Waals surface area contributed by atoms with Crippen LogP contribution in [0, 0.1) is 11.6 Å². The fraction of sp³-hybridized carbons (Fsp3) is 0.0556. The predicted molar refractivity (Wildman–Crippen MR) is 78.3 cm³/mol. The number of halogens is 5. The number of hydrogen-bond donors (Lipinski definition) is 0. The quantitative estimate of drug-likeness (QED) is 0.462. The molecule has 0 spiro atoms. The molecule has 0 saturated carbocycles. The first-order valence-electron chi connectivity index (χ1n) is 6.99. The van der Waals surface area contributed by atoms with E-state index in [1.165, 1.54) is 22.9 Å². The molecule has 0 amide bonds. The van der Waals surface area contributed by atoms with E-state index >= 15 is 0 Å². The van der Waals surface area contributed by atoms with Gasteiger partial charge in [0.2, 0.25) is 5.69 Å². The van der Waals surface area contributed by atoms with Gasteiger partial charge in [0, 0.05) is 12.1 Å². The van der Waals surface area contributed by atoms with Gasteiger partial charge in [0.25, 0.3) is 0 Å². The lowest BCUT2D eigenvalue weighted by Crippen LogP contribution is -2.32. The molecule has 3 rings (SSSR count). The van der Waals surface area contributed by atoms with Gasteiger partial charge in [-0.1, -0.05) is 18.2 Å². The van der Waals surface area contributed by atoms with Crippen LogP contribution < -0.4 is 4.57 Å². The van der Waals surface area contributed by atoms with Crippen molar-refractivity contribution in [2.45, 2.75) is 6.18 Å². The van der Waals surface area contributed by atoms with E-state index in [9.17, 15) is 22.0 Å². The molecule has 0 bridgehead atoms. The van der Waals surface area contributed by atoms with Crippen molar-refractivity contribution in [1.82, 2.24) is 0 Å². The Balaban J connectivity index is 2.15. The highest BCUT2D eigenvalue weighted by atomic mass is 19.4. The molecule has 0 atom stereocenters. The molecule has 24 heavy (non-hydrogen) atoms. The number of rotatable bonds is 2. The summed E-state index contributed by atoms with van der Waals surface area (Å²) in [6, 6.07) is 12.2. The minimum Gasteiger partial charge on any atom is -0.204 e. The van der Waals surface area contributed by atoms with Crippen LogP contribution in [0.3, 0.4) is 0 Å². The SMILES string of the molecule is Fc1ccc(-c2ccccc2-[n+]2cccc(C(F)(F)F)c2)cc1F. The number of hydrogen-bond acceptors (Lipinski definition) is 0. The summed E-state index contributed by atoms with van der Waals surface area (Å²) in [5, 5.41) is 0. The second-order valence-electron chi connectivity index (χ2n) is 5.14. The second kappa shape index (κ2) is 6.03. The average Bonchev–Trinajstić information content (AvgIpc) is 2.57. The third-order valence-corrected chi connectivity index (χ3v) is 3.54. The Labute approximate surface area is 134 Å². The third-order valence-electron chi connectivity index (χ3n) is 3.54. The van der Waals surface area contributed by atoms with E-state index in [1.54, 1.807) is 24.3 Å². The first kappa shape index (κ1) is 16.1. The Morgan fingerprint density at radius 2 is 1.54 bits per heavy atom. The van der Waals surface area contributed by atoms with Crippen LogP contribution in [-0.2, 0) is 6.18 Å². The lowest BCUT2D eigenvalue weighted by Gasteiger charge is -2.08. The zero-order valence-electron chi connectivity index (χ0n) is 12.2. The first-order valence-corrected chi connectivity index (χ1v) is 6.99. The third kappa shape index (κ3) is 3.13. The maximum Gasteiger partial charge on any atom is 0.422 e. The summed E-state index contributed by atoms with van der Waals surface area (Å²) in [5.41, 5.74) is 0.481. The molecule has 2 aromatic carbocycles. The van der Waals surface area contributed by atoms with Crippen LogP contribution in [0.5, 0.6) is 0 Å². The van der Waals surface area contributed by atoms with Crippen LogP contribution in [0.4, 0.5) is 22.0 Å². The van der Waals surface area contributed by atoms with Crippen LogP contribution in [0.1, 0.15) is 5.56 Å². The standard InChI is InChI=1S/C18H11F5N/c19-15-8-7-12(10-16(15)20)14-5-1-2-6-17(14)24-9-3-4-13(11-24)18(21,22)23/h1-11H/q+1. The zero-order valence-corrected chi connectivity index (χ0v) is 12.2. The van der Waals surface area contributed by atoms with Crippen LogP contribution >= 0.6 is 0 Å². The Morgan fingerprint density at radius 1 is 0.792 bits per heavy atom. The largest absolute Gasteiger partial charge is 0.422 e. The van der Waals surface area contributed by atoms with E-state index < -0.39 is 23.4 Å². The molecule has 0 saturated heterocycles. The first-order chi connectivity index (χ1) is 11.4. The lowest BCUT2D eigenvalue weighted by molar-refractivity contribution is -0.596. The van der Waals surface area contributed by atoms with Crippen LogP contribution in [0.2, 0.25) is 0 Å². The summed E-state index contributed by atoms with van der Waals surface area (Å²) in [6.45, 7) is 0. The van der Waals surface area contributed by atoms with Crippen molar-refractivity contribution < 1.29 is 26.5 Å². The molecule has 1 aromatic heterocycles. The molecule has 0 radical (unpaired) electrons. The van der Waals surface area contributed by atoms with Gasteiger partial charge in [-0.2, -0.15) is 17.7 Å². The van der Waals surface area contributed by atoms with Gasteiger partial charge in [-0.3, -0.25) is 0 Å². The molecule has 0 aliphatic carbocycles. The van der Waals surface area contributed by atoms with Gasteiger partial charge in [-0.05, 0) is 29.8 Å². The topological polar surface area (TPSA) is 3.88 Å². The molecule has 1 nitrogen and oxygen atoms in total. The molecule has 0 N–H and O–H groups in total. The summed E-state index contributed by atoms with van der Waals surface area (Å²) in [5.74, 6) is -2.00. The summed E-state index contributed by atoms with van der Waals surface area (Å²) < 4.78 is 66.6. The van der Waals surface area contributed by atoms with Crippen molar-refractivity contribution >= 4 is 0 Å². The van der Waals surface area contributed by atoms with Crippen LogP contribution in [-0.4, -0.2) is 0 Å². The van der Waals surface area contributed by atoms with Crippen molar-refractivity contribution in [3.05, 3.63) is 84.2 Å². The normalized spacial score (nSPS) is 11.5. The smallest absolute Gasteiger partial charge is 0.204 e. The van der Waals surface area contributed by atoms with E-state index in [0.717, 1.165) is 24.4 Å². The predicted octanol–water partition coefficient (Wildman–Crippen LogP) is 4.93. The summed E-state index contributed by atoms with van der Waals surface area (Å²) in [4.78, 5) is 0. The van der Waals surface area contributed by atoms with Gasteiger partial charge in [0.15, 0.2) is 24.0 Å². The number of benzene rings is 2. The van der Waals surface area contributed by atoms with Gasteiger partial charge >= 0.3 is 6.18 Å². The molecule has 0 unspecified atom stereocenters. The van der Waals surface area contributed by atoms with Gasteiger partial charge in [0.05, 0.1) is 5.56 Å².